The van der Waals surface area contributed by atoms with Gasteiger partial charge in [-0.1, -0.05) is 0 Å². The second-order valence-corrected chi connectivity index (χ2v) is 10.8. The van der Waals surface area contributed by atoms with Crippen LogP contribution in [0.1, 0.15) is 27.9 Å². The summed E-state index contributed by atoms with van der Waals surface area (Å²) < 4.78 is 58.4. The minimum Gasteiger partial charge on any atom is -0.494 e. The Balaban J connectivity index is 1.36. The molecule has 4 rings (SSSR count). The standard InChI is InChI=1S/C23H23BrF2N2O4S/c1-33(30,31)28-10-8-27(9-11-28)7-2-12-32-16-4-6-17-19(14-16)23(29)22(24)21(17)18-5-3-15(25)13-20(18)26/h3-6,13-14H,2,7-12H2,1H3. The first-order valence-electron chi connectivity index (χ1n) is 10.5. The molecule has 0 spiro atoms. The number of fused-ring (bicyclic) bond motifs is 1. The van der Waals surface area contributed by atoms with E-state index in [1.807, 2.05) is 0 Å². The third-order valence-electron chi connectivity index (χ3n) is 5.81. The van der Waals surface area contributed by atoms with Crippen molar-refractivity contribution in [1.29, 1.82) is 0 Å². The maximum atomic E-state index is 14.3. The lowest BCUT2D eigenvalue weighted by Gasteiger charge is -2.33. The van der Waals surface area contributed by atoms with Crippen LogP contribution >= 0.6 is 15.9 Å². The van der Waals surface area contributed by atoms with Crippen molar-refractivity contribution in [3.63, 3.8) is 0 Å². The topological polar surface area (TPSA) is 66.9 Å². The van der Waals surface area contributed by atoms with Gasteiger partial charge in [0.15, 0.2) is 0 Å². The predicted octanol–water partition coefficient (Wildman–Crippen LogP) is 3.66. The van der Waals surface area contributed by atoms with Crippen molar-refractivity contribution in [2.75, 3.05) is 45.6 Å². The molecule has 10 heteroatoms. The van der Waals surface area contributed by atoms with Crippen LogP contribution in [0.2, 0.25) is 0 Å². The van der Waals surface area contributed by atoms with E-state index >= 15 is 0 Å². The molecule has 0 unspecified atom stereocenters. The maximum absolute atomic E-state index is 14.3. The maximum Gasteiger partial charge on any atom is 0.211 e. The van der Waals surface area contributed by atoms with E-state index in [9.17, 15) is 22.0 Å². The Kier molecular flexibility index (Phi) is 6.99. The average Bonchev–Trinajstić information content (AvgIpc) is 3.01. The highest BCUT2D eigenvalue weighted by Crippen LogP contribution is 2.42. The highest BCUT2D eigenvalue weighted by molar-refractivity contribution is 9.12. The predicted molar refractivity (Wildman–Crippen MR) is 125 cm³/mol. The Morgan fingerprint density at radius 3 is 2.36 bits per heavy atom. The number of sulfonamides is 1. The summed E-state index contributed by atoms with van der Waals surface area (Å²) in [6, 6.07) is 8.35. The van der Waals surface area contributed by atoms with Gasteiger partial charge in [0.05, 0.1) is 17.3 Å². The third kappa shape index (κ3) is 5.18. The molecule has 0 N–H and O–H groups in total. The Labute approximate surface area is 200 Å². The fourth-order valence-electron chi connectivity index (χ4n) is 4.09. The molecule has 0 radical (unpaired) electrons. The van der Waals surface area contributed by atoms with Crippen LogP contribution in [0.4, 0.5) is 8.78 Å². The van der Waals surface area contributed by atoms with Crippen molar-refractivity contribution >= 4 is 37.3 Å². The Morgan fingerprint density at radius 2 is 1.70 bits per heavy atom. The summed E-state index contributed by atoms with van der Waals surface area (Å²) in [5, 5.41) is 0. The molecule has 0 atom stereocenters. The molecule has 0 amide bonds. The van der Waals surface area contributed by atoms with Crippen molar-refractivity contribution in [1.82, 2.24) is 9.21 Å². The first-order valence-corrected chi connectivity index (χ1v) is 13.1. The molecule has 1 heterocycles. The number of ether oxygens (including phenoxy) is 1. The van der Waals surface area contributed by atoms with Gasteiger partial charge in [0.2, 0.25) is 15.8 Å². The number of piperazine rings is 1. The molecule has 6 nitrogen and oxygen atoms in total. The Morgan fingerprint density at radius 1 is 1.00 bits per heavy atom. The van der Waals surface area contributed by atoms with Gasteiger partial charge < -0.3 is 9.64 Å². The molecular weight excluding hydrogens is 518 g/mol. The van der Waals surface area contributed by atoms with Gasteiger partial charge in [0.25, 0.3) is 0 Å². The van der Waals surface area contributed by atoms with Gasteiger partial charge in [0, 0.05) is 55.5 Å². The molecule has 1 aliphatic heterocycles. The lowest BCUT2D eigenvalue weighted by atomic mass is 9.98. The van der Waals surface area contributed by atoms with Crippen LogP contribution in [0.3, 0.4) is 0 Å². The lowest BCUT2D eigenvalue weighted by Crippen LogP contribution is -2.48. The van der Waals surface area contributed by atoms with Gasteiger partial charge in [-0.25, -0.2) is 17.2 Å². The second-order valence-electron chi connectivity index (χ2n) is 8.06. The number of nitrogens with zero attached hydrogens (tertiary/aromatic N) is 2. The zero-order valence-corrected chi connectivity index (χ0v) is 20.4. The number of hydrogen-bond donors (Lipinski definition) is 0. The number of Topliss-reactive ketones (excluding diaryl/α,β-unsaturated/α-hetero) is 1. The molecule has 2 aromatic rings. The number of carbonyl (C=O) groups is 1. The van der Waals surface area contributed by atoms with Crippen molar-refractivity contribution in [3.05, 3.63) is 69.2 Å². The number of rotatable bonds is 7. The molecule has 176 valence electrons. The number of carbonyl (C=O) groups excluding carboxylic acids is 1. The molecular formula is C23H23BrF2N2O4S. The summed E-state index contributed by atoms with van der Waals surface area (Å²) >= 11 is 3.27. The van der Waals surface area contributed by atoms with Crippen LogP contribution in [0.5, 0.6) is 5.75 Å². The first kappa shape index (κ1) is 24.0. The lowest BCUT2D eigenvalue weighted by molar-refractivity contribution is 0.104. The zero-order chi connectivity index (χ0) is 23.8. The summed E-state index contributed by atoms with van der Waals surface area (Å²) in [6.07, 6.45) is 1.98. The van der Waals surface area contributed by atoms with Gasteiger partial charge in [0.1, 0.15) is 17.4 Å². The van der Waals surface area contributed by atoms with Crippen LogP contribution in [-0.4, -0.2) is 69.0 Å². The smallest absolute Gasteiger partial charge is 0.211 e. The largest absolute Gasteiger partial charge is 0.494 e. The van der Waals surface area contributed by atoms with E-state index in [1.165, 1.54) is 16.6 Å². The molecule has 1 saturated heterocycles. The van der Waals surface area contributed by atoms with E-state index in [4.69, 9.17) is 4.74 Å². The molecule has 0 bridgehead atoms. The highest BCUT2D eigenvalue weighted by Gasteiger charge is 2.31. The van der Waals surface area contributed by atoms with E-state index in [0.29, 0.717) is 55.2 Å². The molecule has 0 saturated carbocycles. The molecule has 33 heavy (non-hydrogen) atoms. The van der Waals surface area contributed by atoms with Crippen molar-refractivity contribution in [3.8, 4) is 5.75 Å². The van der Waals surface area contributed by atoms with Crippen molar-refractivity contribution in [2.24, 2.45) is 0 Å². The van der Waals surface area contributed by atoms with Crippen LogP contribution in [0.15, 0.2) is 40.9 Å². The van der Waals surface area contributed by atoms with Gasteiger partial charge in [-0.2, -0.15) is 4.31 Å². The summed E-state index contributed by atoms with van der Waals surface area (Å²) in [5.41, 5.74) is 1.51. The Bertz CT molecular complexity index is 1220. The van der Waals surface area contributed by atoms with Gasteiger partial charge in [-0.15, -0.1) is 0 Å². The summed E-state index contributed by atoms with van der Waals surface area (Å²) in [4.78, 5) is 14.9. The Hall–Kier alpha value is -2.14. The minimum atomic E-state index is -3.14. The van der Waals surface area contributed by atoms with Gasteiger partial charge >= 0.3 is 0 Å². The summed E-state index contributed by atoms with van der Waals surface area (Å²) in [5.74, 6) is -1.16. The number of hydrogen-bond acceptors (Lipinski definition) is 5. The summed E-state index contributed by atoms with van der Waals surface area (Å²) in [7, 11) is -3.14. The number of halogens is 3. The number of ketones is 1. The van der Waals surface area contributed by atoms with Crippen molar-refractivity contribution in [2.45, 2.75) is 6.42 Å². The van der Waals surface area contributed by atoms with Gasteiger partial charge in [-0.05, 0) is 58.2 Å². The SMILES string of the molecule is CS(=O)(=O)N1CCN(CCCOc2ccc3c(c2)C(=O)C(Br)=C3c2ccc(F)cc2F)CC1. The van der Waals surface area contributed by atoms with E-state index in [2.05, 4.69) is 20.8 Å². The monoisotopic (exact) mass is 540 g/mol. The molecule has 1 fully saturated rings. The van der Waals surface area contributed by atoms with Crippen molar-refractivity contribution < 1.29 is 26.7 Å². The van der Waals surface area contributed by atoms with Crippen LogP contribution in [0, 0.1) is 11.6 Å². The van der Waals surface area contributed by atoms with E-state index in [1.54, 1.807) is 18.2 Å². The number of benzene rings is 2. The van der Waals surface area contributed by atoms with Crippen LogP contribution in [0.25, 0.3) is 5.57 Å². The molecule has 2 aromatic carbocycles. The molecule has 2 aliphatic rings. The van der Waals surface area contributed by atoms with E-state index in [0.717, 1.165) is 25.1 Å². The van der Waals surface area contributed by atoms with Crippen LogP contribution < -0.4 is 4.74 Å². The second kappa shape index (κ2) is 9.61. The molecule has 1 aliphatic carbocycles. The third-order valence-corrected chi connectivity index (χ3v) is 7.87. The summed E-state index contributed by atoms with van der Waals surface area (Å²) in [6.45, 7) is 3.57. The number of allylic oxidation sites excluding steroid dienone is 1. The highest BCUT2D eigenvalue weighted by atomic mass is 79.9. The fraction of sp³-hybridized carbons (Fsp3) is 0.348. The zero-order valence-electron chi connectivity index (χ0n) is 18.0. The fourth-order valence-corrected chi connectivity index (χ4v) is 5.55. The minimum absolute atomic E-state index is 0.153. The van der Waals surface area contributed by atoms with E-state index < -0.39 is 21.7 Å². The first-order chi connectivity index (χ1) is 15.6. The quantitative estimate of drug-likeness (QED) is 0.501. The molecule has 0 aromatic heterocycles. The van der Waals surface area contributed by atoms with Gasteiger partial charge in [-0.3, -0.25) is 4.79 Å². The normalized spacial score (nSPS) is 17.5. The van der Waals surface area contributed by atoms with E-state index in [-0.39, 0.29) is 15.8 Å². The average molecular weight is 541 g/mol. The van der Waals surface area contributed by atoms with Crippen LogP contribution in [-0.2, 0) is 10.0 Å².